The Hall–Kier alpha value is -2.81. The van der Waals surface area contributed by atoms with Gasteiger partial charge in [0, 0.05) is 48.9 Å². The predicted octanol–water partition coefficient (Wildman–Crippen LogP) is 3.93. The SMILES string of the molecule is FC(F)(F)c1nc(-c2ccc([C@H]3CCCN(Cc4cccnc4)C3)nc2)no1. The second kappa shape index (κ2) is 7.67. The van der Waals surface area contributed by atoms with Crippen LogP contribution >= 0.6 is 0 Å². The van der Waals surface area contributed by atoms with Crippen molar-refractivity contribution in [3.63, 3.8) is 0 Å². The summed E-state index contributed by atoms with van der Waals surface area (Å²) in [5, 5.41) is 3.39. The quantitative estimate of drug-likeness (QED) is 0.674. The number of alkyl halides is 3. The molecular weight excluding hydrogens is 371 g/mol. The van der Waals surface area contributed by atoms with Gasteiger partial charge >= 0.3 is 12.1 Å². The lowest BCUT2D eigenvalue weighted by atomic mass is 9.93. The van der Waals surface area contributed by atoms with Crippen molar-refractivity contribution in [3.8, 4) is 11.4 Å². The fraction of sp³-hybridized carbons (Fsp3) is 0.368. The molecule has 1 saturated heterocycles. The number of pyridine rings is 2. The molecule has 0 saturated carbocycles. The van der Waals surface area contributed by atoms with Crippen molar-refractivity contribution < 1.29 is 17.7 Å². The first kappa shape index (κ1) is 18.5. The predicted molar refractivity (Wildman–Crippen MR) is 94.0 cm³/mol. The van der Waals surface area contributed by atoms with Crippen LogP contribution in [-0.4, -0.2) is 38.1 Å². The highest BCUT2D eigenvalue weighted by atomic mass is 19.4. The van der Waals surface area contributed by atoms with Crippen LogP contribution in [0.5, 0.6) is 0 Å². The van der Waals surface area contributed by atoms with E-state index in [1.165, 1.54) is 11.8 Å². The summed E-state index contributed by atoms with van der Waals surface area (Å²) >= 11 is 0. The smallest absolute Gasteiger partial charge is 0.329 e. The largest absolute Gasteiger partial charge is 0.471 e. The third-order valence-electron chi connectivity index (χ3n) is 4.77. The van der Waals surface area contributed by atoms with E-state index in [1.54, 1.807) is 12.3 Å². The number of likely N-dealkylation sites (tertiary alicyclic amines) is 1. The van der Waals surface area contributed by atoms with Gasteiger partial charge in [-0.25, -0.2) is 0 Å². The van der Waals surface area contributed by atoms with Crippen LogP contribution < -0.4 is 0 Å². The van der Waals surface area contributed by atoms with Gasteiger partial charge in [0.1, 0.15) is 0 Å². The molecule has 1 aliphatic heterocycles. The van der Waals surface area contributed by atoms with Gasteiger partial charge in [-0.05, 0) is 43.1 Å². The van der Waals surface area contributed by atoms with Crippen LogP contribution in [0.15, 0.2) is 47.4 Å². The Morgan fingerprint density at radius 1 is 1.18 bits per heavy atom. The number of piperidine rings is 1. The highest BCUT2D eigenvalue weighted by molar-refractivity contribution is 5.52. The molecule has 1 fully saturated rings. The van der Waals surface area contributed by atoms with E-state index in [-0.39, 0.29) is 11.7 Å². The summed E-state index contributed by atoms with van der Waals surface area (Å²) in [6, 6.07) is 7.51. The molecule has 9 heteroatoms. The number of halogens is 3. The average molecular weight is 389 g/mol. The molecule has 3 aromatic rings. The summed E-state index contributed by atoms with van der Waals surface area (Å²) in [6.07, 6.45) is 2.56. The van der Waals surface area contributed by atoms with Gasteiger partial charge in [-0.1, -0.05) is 11.2 Å². The van der Waals surface area contributed by atoms with E-state index >= 15 is 0 Å². The van der Waals surface area contributed by atoms with Crippen molar-refractivity contribution >= 4 is 0 Å². The van der Waals surface area contributed by atoms with E-state index in [2.05, 4.69) is 35.6 Å². The molecule has 4 rings (SSSR count). The third kappa shape index (κ3) is 4.19. The second-order valence-electron chi connectivity index (χ2n) is 6.83. The summed E-state index contributed by atoms with van der Waals surface area (Å²) in [6.45, 7) is 2.74. The van der Waals surface area contributed by atoms with Crippen molar-refractivity contribution in [1.82, 2.24) is 25.0 Å². The number of rotatable bonds is 4. The Morgan fingerprint density at radius 2 is 2.07 bits per heavy atom. The molecule has 0 radical (unpaired) electrons. The zero-order valence-electron chi connectivity index (χ0n) is 14.9. The second-order valence-corrected chi connectivity index (χ2v) is 6.83. The molecule has 0 unspecified atom stereocenters. The molecule has 1 atom stereocenters. The molecule has 3 aromatic heterocycles. The van der Waals surface area contributed by atoms with Gasteiger partial charge < -0.3 is 4.52 Å². The van der Waals surface area contributed by atoms with Crippen LogP contribution in [0.25, 0.3) is 11.4 Å². The van der Waals surface area contributed by atoms with Crippen LogP contribution in [0.1, 0.15) is 35.9 Å². The fourth-order valence-corrected chi connectivity index (χ4v) is 3.43. The van der Waals surface area contributed by atoms with Gasteiger partial charge in [0.15, 0.2) is 0 Å². The number of aromatic nitrogens is 4. The van der Waals surface area contributed by atoms with Gasteiger partial charge in [-0.2, -0.15) is 18.2 Å². The zero-order valence-corrected chi connectivity index (χ0v) is 14.9. The van der Waals surface area contributed by atoms with Gasteiger partial charge in [0.2, 0.25) is 5.82 Å². The maximum atomic E-state index is 12.6. The molecule has 0 N–H and O–H groups in total. The highest BCUT2D eigenvalue weighted by Crippen LogP contribution is 2.30. The van der Waals surface area contributed by atoms with Gasteiger partial charge in [-0.3, -0.25) is 14.9 Å². The van der Waals surface area contributed by atoms with E-state index in [4.69, 9.17) is 0 Å². The van der Waals surface area contributed by atoms with E-state index in [1.807, 2.05) is 18.3 Å². The van der Waals surface area contributed by atoms with Crippen LogP contribution in [0.3, 0.4) is 0 Å². The maximum absolute atomic E-state index is 12.6. The fourth-order valence-electron chi connectivity index (χ4n) is 3.43. The molecule has 146 valence electrons. The first-order valence-electron chi connectivity index (χ1n) is 8.97. The molecule has 28 heavy (non-hydrogen) atoms. The standard InChI is InChI=1S/C19H18F3N5O/c20-19(21,22)18-25-17(26-28-18)14-5-6-16(24-10-14)15-4-2-8-27(12-15)11-13-3-1-7-23-9-13/h1,3,5-7,9-10,15H,2,4,8,11-12H2/t15-/m0/s1. The van der Waals surface area contributed by atoms with Crippen molar-refractivity contribution in [1.29, 1.82) is 0 Å². The lowest BCUT2D eigenvalue weighted by molar-refractivity contribution is -0.159. The average Bonchev–Trinajstić information content (AvgIpc) is 3.20. The molecule has 6 nitrogen and oxygen atoms in total. The summed E-state index contributed by atoms with van der Waals surface area (Å²) in [4.78, 5) is 14.4. The number of hydrogen-bond donors (Lipinski definition) is 0. The van der Waals surface area contributed by atoms with Crippen LogP contribution in [0, 0.1) is 0 Å². The normalized spacial score (nSPS) is 18.3. The Balaban J connectivity index is 1.44. The summed E-state index contributed by atoms with van der Waals surface area (Å²) in [5.74, 6) is -1.20. The van der Waals surface area contributed by atoms with E-state index in [9.17, 15) is 13.2 Å². The van der Waals surface area contributed by atoms with E-state index < -0.39 is 12.1 Å². The van der Waals surface area contributed by atoms with Crippen molar-refractivity contribution in [3.05, 3.63) is 60.0 Å². The Kier molecular flexibility index (Phi) is 5.08. The van der Waals surface area contributed by atoms with Crippen LogP contribution in [-0.2, 0) is 12.7 Å². The molecule has 4 heterocycles. The minimum atomic E-state index is -4.65. The first-order valence-corrected chi connectivity index (χ1v) is 8.97. The lowest BCUT2D eigenvalue weighted by Gasteiger charge is -2.32. The molecule has 1 aliphatic rings. The molecule has 0 bridgehead atoms. The number of nitrogens with zero attached hydrogens (tertiary/aromatic N) is 5. The van der Waals surface area contributed by atoms with E-state index in [0.717, 1.165) is 38.2 Å². The summed E-state index contributed by atoms with van der Waals surface area (Å²) in [5.41, 5.74) is 2.48. The van der Waals surface area contributed by atoms with Gasteiger partial charge in [-0.15, -0.1) is 0 Å². The Bertz CT molecular complexity index is 911. The summed E-state index contributed by atoms with van der Waals surface area (Å²) < 4.78 is 42.1. The summed E-state index contributed by atoms with van der Waals surface area (Å²) in [7, 11) is 0. The van der Waals surface area contributed by atoms with Gasteiger partial charge in [0.25, 0.3) is 0 Å². The van der Waals surface area contributed by atoms with Crippen molar-refractivity contribution in [2.75, 3.05) is 13.1 Å². The molecule has 0 amide bonds. The topological polar surface area (TPSA) is 67.9 Å². The highest BCUT2D eigenvalue weighted by Gasteiger charge is 2.38. The molecule has 0 aliphatic carbocycles. The van der Waals surface area contributed by atoms with Crippen LogP contribution in [0.4, 0.5) is 13.2 Å². The zero-order chi connectivity index (χ0) is 19.6. The first-order chi connectivity index (χ1) is 13.5. The Morgan fingerprint density at radius 3 is 2.75 bits per heavy atom. The van der Waals surface area contributed by atoms with Gasteiger partial charge in [0.05, 0.1) is 0 Å². The van der Waals surface area contributed by atoms with Crippen LogP contribution in [0.2, 0.25) is 0 Å². The van der Waals surface area contributed by atoms with Crippen molar-refractivity contribution in [2.45, 2.75) is 31.5 Å². The minimum absolute atomic E-state index is 0.117. The lowest BCUT2D eigenvalue weighted by Crippen LogP contribution is -2.34. The monoisotopic (exact) mass is 389 g/mol. The Labute approximate surface area is 159 Å². The minimum Gasteiger partial charge on any atom is -0.329 e. The molecule has 0 spiro atoms. The third-order valence-corrected chi connectivity index (χ3v) is 4.77. The molecular formula is C19H18F3N5O. The number of hydrogen-bond acceptors (Lipinski definition) is 6. The molecule has 0 aromatic carbocycles. The van der Waals surface area contributed by atoms with E-state index in [0.29, 0.717) is 5.56 Å². The van der Waals surface area contributed by atoms with Crippen molar-refractivity contribution in [2.24, 2.45) is 0 Å². The maximum Gasteiger partial charge on any atom is 0.471 e.